The molecule has 0 saturated heterocycles. The number of nitrogens with zero attached hydrogens (tertiary/aromatic N) is 3. The summed E-state index contributed by atoms with van der Waals surface area (Å²) in [5.74, 6) is 0.469. The molecule has 3 heterocycles. The molecule has 2 amide bonds. The Morgan fingerprint density at radius 3 is 2.90 bits per heavy atom. The maximum atomic E-state index is 11.3. The predicted molar refractivity (Wildman–Crippen MR) is 79.1 cm³/mol. The van der Waals surface area contributed by atoms with Crippen molar-refractivity contribution in [1.82, 2.24) is 19.9 Å². The largest absolute Gasteiger partial charge is 0.341 e. The smallest absolute Gasteiger partial charge is 0.320 e. The standard InChI is InChI=1S/C13H13N5OS/c1-8-6-20-7-9(8)10-3-4-12-15-11(5-18(12)17-10)16-13(19)14-2/h3-7H,1-2H3,(H2,14,16,19). The molecule has 7 heteroatoms. The van der Waals surface area contributed by atoms with Crippen LogP contribution in [0, 0.1) is 6.92 Å². The van der Waals surface area contributed by atoms with Gasteiger partial charge in [-0.1, -0.05) is 0 Å². The van der Waals surface area contributed by atoms with Gasteiger partial charge in [-0.15, -0.1) is 0 Å². The van der Waals surface area contributed by atoms with E-state index in [9.17, 15) is 4.79 Å². The molecule has 102 valence electrons. The van der Waals surface area contributed by atoms with Gasteiger partial charge in [0, 0.05) is 18.0 Å². The van der Waals surface area contributed by atoms with Crippen LogP contribution in [0.3, 0.4) is 0 Å². The van der Waals surface area contributed by atoms with Gasteiger partial charge in [0.25, 0.3) is 0 Å². The number of hydrogen-bond acceptors (Lipinski definition) is 4. The van der Waals surface area contributed by atoms with E-state index < -0.39 is 0 Å². The Bertz CT molecular complexity index is 776. The first-order chi connectivity index (χ1) is 9.67. The fourth-order valence-corrected chi connectivity index (χ4v) is 2.73. The monoisotopic (exact) mass is 287 g/mol. The third-order valence-electron chi connectivity index (χ3n) is 2.92. The zero-order valence-electron chi connectivity index (χ0n) is 11.0. The molecule has 3 aromatic rings. The summed E-state index contributed by atoms with van der Waals surface area (Å²) >= 11 is 1.65. The third-order valence-corrected chi connectivity index (χ3v) is 3.78. The minimum absolute atomic E-state index is 0.303. The van der Waals surface area contributed by atoms with E-state index in [2.05, 4.69) is 38.4 Å². The van der Waals surface area contributed by atoms with Crippen molar-refractivity contribution in [2.24, 2.45) is 0 Å². The van der Waals surface area contributed by atoms with Crippen LogP contribution in [0.25, 0.3) is 16.9 Å². The van der Waals surface area contributed by atoms with Crippen LogP contribution in [0.1, 0.15) is 5.56 Å². The van der Waals surface area contributed by atoms with Crippen molar-refractivity contribution in [3.63, 3.8) is 0 Å². The van der Waals surface area contributed by atoms with Gasteiger partial charge in [-0.3, -0.25) is 5.32 Å². The van der Waals surface area contributed by atoms with E-state index in [1.807, 2.05) is 12.1 Å². The van der Waals surface area contributed by atoms with Crippen LogP contribution < -0.4 is 10.6 Å². The molecule has 0 radical (unpaired) electrons. The lowest BCUT2D eigenvalue weighted by Crippen LogP contribution is -2.24. The summed E-state index contributed by atoms with van der Waals surface area (Å²) in [6, 6.07) is 3.51. The number of aryl methyl sites for hydroxylation is 1. The van der Waals surface area contributed by atoms with E-state index in [4.69, 9.17) is 0 Å². The van der Waals surface area contributed by atoms with Crippen molar-refractivity contribution >= 4 is 28.8 Å². The third kappa shape index (κ3) is 2.23. The molecule has 2 N–H and O–H groups in total. The van der Waals surface area contributed by atoms with Crippen LogP contribution in [0.15, 0.2) is 29.1 Å². The highest BCUT2D eigenvalue weighted by atomic mass is 32.1. The summed E-state index contributed by atoms with van der Waals surface area (Å²) in [6.07, 6.45) is 1.69. The van der Waals surface area contributed by atoms with Gasteiger partial charge in [0.2, 0.25) is 0 Å². The second-order valence-corrected chi connectivity index (χ2v) is 5.06. The quantitative estimate of drug-likeness (QED) is 0.760. The van der Waals surface area contributed by atoms with Gasteiger partial charge in [-0.25, -0.2) is 14.3 Å². The lowest BCUT2D eigenvalue weighted by atomic mass is 10.1. The van der Waals surface area contributed by atoms with E-state index in [0.29, 0.717) is 11.5 Å². The van der Waals surface area contributed by atoms with Crippen LogP contribution >= 0.6 is 11.3 Å². The SMILES string of the molecule is CNC(=O)Nc1cn2nc(-c3cscc3C)ccc2n1. The average molecular weight is 287 g/mol. The van der Waals surface area contributed by atoms with Gasteiger partial charge in [-0.05, 0) is 30.0 Å². The molecule has 0 fully saturated rings. The predicted octanol–water partition coefficient (Wildman–Crippen LogP) is 2.52. The van der Waals surface area contributed by atoms with Gasteiger partial charge in [-0.2, -0.15) is 16.4 Å². The molecule has 0 aliphatic heterocycles. The second kappa shape index (κ2) is 4.93. The summed E-state index contributed by atoms with van der Waals surface area (Å²) in [5, 5.41) is 13.8. The lowest BCUT2D eigenvalue weighted by molar-refractivity contribution is 0.254. The summed E-state index contributed by atoms with van der Waals surface area (Å²) in [4.78, 5) is 15.5. The Labute approximate surface area is 119 Å². The number of aromatic nitrogens is 3. The molecule has 0 spiro atoms. The molecule has 0 aromatic carbocycles. The summed E-state index contributed by atoms with van der Waals surface area (Å²) in [5.41, 5.74) is 3.89. The molecule has 0 bridgehead atoms. The van der Waals surface area contributed by atoms with Crippen LogP contribution in [0.2, 0.25) is 0 Å². The van der Waals surface area contributed by atoms with Crippen molar-refractivity contribution in [3.8, 4) is 11.3 Å². The van der Waals surface area contributed by atoms with Crippen molar-refractivity contribution in [3.05, 3.63) is 34.7 Å². The molecular formula is C13H13N5OS. The van der Waals surface area contributed by atoms with Crippen LogP contribution in [0.5, 0.6) is 0 Å². The first kappa shape index (κ1) is 12.6. The second-order valence-electron chi connectivity index (χ2n) is 4.32. The highest BCUT2D eigenvalue weighted by molar-refractivity contribution is 7.08. The number of nitrogens with one attached hydrogen (secondary N) is 2. The maximum Gasteiger partial charge on any atom is 0.320 e. The molecular weight excluding hydrogens is 274 g/mol. The number of anilines is 1. The van der Waals surface area contributed by atoms with Crippen molar-refractivity contribution in [1.29, 1.82) is 0 Å². The highest BCUT2D eigenvalue weighted by Gasteiger charge is 2.08. The van der Waals surface area contributed by atoms with Crippen LogP contribution in [0.4, 0.5) is 10.6 Å². The fourth-order valence-electron chi connectivity index (χ4n) is 1.89. The Balaban J connectivity index is 1.99. The fraction of sp³-hybridized carbons (Fsp3) is 0.154. The highest BCUT2D eigenvalue weighted by Crippen LogP contribution is 2.25. The minimum atomic E-state index is -0.303. The van der Waals surface area contributed by atoms with Crippen LogP contribution in [-0.2, 0) is 0 Å². The van der Waals surface area contributed by atoms with Crippen molar-refractivity contribution in [2.45, 2.75) is 6.92 Å². The summed E-state index contributed by atoms with van der Waals surface area (Å²) in [7, 11) is 1.56. The zero-order valence-corrected chi connectivity index (χ0v) is 11.9. The Kier molecular flexibility index (Phi) is 3.11. The number of fused-ring (bicyclic) bond motifs is 1. The molecule has 20 heavy (non-hydrogen) atoms. The van der Waals surface area contributed by atoms with Gasteiger partial charge in [0.05, 0.1) is 11.9 Å². The molecule has 3 rings (SSSR count). The van der Waals surface area contributed by atoms with Crippen molar-refractivity contribution in [2.75, 3.05) is 12.4 Å². The van der Waals surface area contributed by atoms with Crippen LogP contribution in [-0.4, -0.2) is 27.7 Å². The first-order valence-corrected chi connectivity index (χ1v) is 7.00. The molecule has 0 aliphatic carbocycles. The topological polar surface area (TPSA) is 71.3 Å². The van der Waals surface area contributed by atoms with E-state index in [-0.39, 0.29) is 6.03 Å². The zero-order chi connectivity index (χ0) is 14.1. The molecule has 6 nitrogen and oxygen atoms in total. The van der Waals surface area contributed by atoms with Gasteiger partial charge in [0.15, 0.2) is 11.5 Å². The Morgan fingerprint density at radius 2 is 2.20 bits per heavy atom. The number of urea groups is 1. The average Bonchev–Trinajstić information content (AvgIpc) is 3.03. The lowest BCUT2D eigenvalue weighted by Gasteiger charge is -1.99. The van der Waals surface area contributed by atoms with Gasteiger partial charge < -0.3 is 5.32 Å². The number of amides is 2. The van der Waals surface area contributed by atoms with Crippen molar-refractivity contribution < 1.29 is 4.79 Å². The Morgan fingerprint density at radius 1 is 1.35 bits per heavy atom. The van der Waals surface area contributed by atoms with E-state index in [1.165, 1.54) is 5.56 Å². The number of rotatable bonds is 2. The minimum Gasteiger partial charge on any atom is -0.341 e. The first-order valence-electron chi connectivity index (χ1n) is 6.05. The number of carbonyl (C=O) groups is 1. The number of imidazole rings is 1. The molecule has 0 unspecified atom stereocenters. The van der Waals surface area contributed by atoms with E-state index in [0.717, 1.165) is 11.3 Å². The number of thiophene rings is 1. The van der Waals surface area contributed by atoms with E-state index in [1.54, 1.807) is 29.1 Å². The summed E-state index contributed by atoms with van der Waals surface area (Å²) < 4.78 is 1.66. The molecule has 0 atom stereocenters. The molecule has 0 aliphatic rings. The van der Waals surface area contributed by atoms with Gasteiger partial charge in [0.1, 0.15) is 0 Å². The molecule has 3 aromatic heterocycles. The van der Waals surface area contributed by atoms with Gasteiger partial charge >= 0.3 is 6.03 Å². The summed E-state index contributed by atoms with van der Waals surface area (Å²) in [6.45, 7) is 2.06. The van der Waals surface area contributed by atoms with E-state index >= 15 is 0 Å². The normalized spacial score (nSPS) is 10.7. The molecule has 0 saturated carbocycles. The maximum absolute atomic E-state index is 11.3. The number of hydrogen-bond donors (Lipinski definition) is 2. The Hall–Kier alpha value is -2.41. The number of carbonyl (C=O) groups excluding carboxylic acids is 1.